The summed E-state index contributed by atoms with van der Waals surface area (Å²) in [6, 6.07) is 10.3. The normalized spacial score (nSPS) is 13.1. The van der Waals surface area contributed by atoms with Crippen molar-refractivity contribution >= 4 is 37.5 Å². The van der Waals surface area contributed by atoms with E-state index in [1.54, 1.807) is 0 Å². The number of hydrogen-bond donors (Lipinski definition) is 1. The van der Waals surface area contributed by atoms with Crippen LogP contribution in [0.15, 0.2) is 54.6 Å². The molecule has 0 unspecified atom stereocenters. The first-order valence-electron chi connectivity index (χ1n) is 15.8. The van der Waals surface area contributed by atoms with Crippen molar-refractivity contribution in [1.82, 2.24) is 19.9 Å². The van der Waals surface area contributed by atoms with Gasteiger partial charge in [-0.2, -0.15) is 55.1 Å². The van der Waals surface area contributed by atoms with Crippen LogP contribution in [0.5, 0.6) is 0 Å². The first-order chi connectivity index (χ1) is 27.7. The third kappa shape index (κ3) is 12.8. The Morgan fingerprint density at radius 1 is 0.417 bits per heavy atom. The molecule has 0 saturated carbocycles. The third-order valence-electron chi connectivity index (χ3n) is 7.00. The summed E-state index contributed by atoms with van der Waals surface area (Å²) in [4.78, 5) is 30.0. The molecule has 0 aliphatic heterocycles. The van der Waals surface area contributed by atoms with Crippen molar-refractivity contribution in [2.24, 2.45) is 0 Å². The monoisotopic (exact) mass is 998 g/mol. The van der Waals surface area contributed by atoms with Gasteiger partial charge in [-0.05, 0) is 32.6 Å². The van der Waals surface area contributed by atoms with E-state index < -0.39 is 132 Å². The van der Waals surface area contributed by atoms with E-state index in [2.05, 4.69) is 63.3 Å². The average Bonchev–Trinajstić information content (AvgIpc) is 3.16. The fourth-order valence-corrected chi connectivity index (χ4v) is 6.89. The zero-order valence-corrected chi connectivity index (χ0v) is 32.9. The Morgan fingerprint density at radius 2 is 0.633 bits per heavy atom. The molecule has 1 aliphatic rings. The molecule has 4 aromatic heterocycles. The van der Waals surface area contributed by atoms with Crippen LogP contribution in [0.1, 0.15) is 31.2 Å². The second-order valence-corrected chi connectivity index (χ2v) is 14.0. The van der Waals surface area contributed by atoms with Gasteiger partial charge in [-0.1, -0.05) is 60.2 Å². The molecule has 6 rings (SSSR count). The van der Waals surface area contributed by atoms with Crippen molar-refractivity contribution < 1.29 is 99.5 Å². The van der Waals surface area contributed by atoms with Crippen molar-refractivity contribution in [2.45, 2.75) is 32.6 Å². The van der Waals surface area contributed by atoms with Gasteiger partial charge in [0.05, 0.1) is 10.6 Å². The van der Waals surface area contributed by atoms with Crippen molar-refractivity contribution in [3.8, 4) is 0 Å². The summed E-state index contributed by atoms with van der Waals surface area (Å²) < 4.78 is 210. The largest absolute Gasteiger partial charge is 0.822 e. The molecule has 1 radical (unpaired) electrons. The van der Waals surface area contributed by atoms with Gasteiger partial charge in [-0.3, -0.25) is 0 Å². The van der Waals surface area contributed by atoms with Gasteiger partial charge in [-0.25, -0.2) is 35.1 Å². The fourth-order valence-electron chi connectivity index (χ4n) is 4.25. The minimum absolute atomic E-state index is 0. The Bertz CT molecular complexity index is 1960. The quantitative estimate of drug-likeness (QED) is 0.0648. The van der Waals surface area contributed by atoms with Gasteiger partial charge in [0.1, 0.15) is 8.15 Å². The molecule has 4 heterocycles. The zero-order valence-electron chi connectivity index (χ0n) is 29.4. The molecule has 0 atom stereocenters. The van der Waals surface area contributed by atoms with Crippen LogP contribution in [-0.4, -0.2) is 24.8 Å². The number of nitrogens with zero attached hydrogens (tertiary/aromatic N) is 4. The van der Waals surface area contributed by atoms with Gasteiger partial charge >= 0.3 is 0 Å². The van der Waals surface area contributed by atoms with Crippen molar-refractivity contribution in [2.75, 3.05) is 0 Å². The molecule has 25 heteroatoms. The second kappa shape index (κ2) is 23.5. The van der Waals surface area contributed by atoms with Crippen LogP contribution in [0.2, 0.25) is 0 Å². The molecule has 1 aliphatic carbocycles. The molecular weight excluding hydrogens is 977 g/mol. The summed E-state index contributed by atoms with van der Waals surface area (Å²) in [6.45, 7) is 2.08. The minimum atomic E-state index is -4.11. The van der Waals surface area contributed by atoms with E-state index in [1.807, 2.05) is 18.2 Å². The van der Waals surface area contributed by atoms with E-state index in [1.165, 1.54) is 31.2 Å². The molecule has 1 aromatic carbocycles. The molecule has 0 spiro atoms. The maximum absolute atomic E-state index is 13.4. The van der Waals surface area contributed by atoms with E-state index in [4.69, 9.17) is 0 Å². The molecule has 0 fully saturated rings. The SMILES string of the molecule is C1=C\CC/C=C\CC/1.Cc1ccccc1.OP(c1c(F)c(F)nc(F)c1F)c1c(F)c(F)nc(F)c1F.[O-]P(c1c(F)c(F)nc(F)c1F)c1c(F)c(F)nc(F)c1F.[Rh]. The van der Waals surface area contributed by atoms with Crippen LogP contribution in [0.4, 0.5) is 70.2 Å². The Morgan fingerprint density at radius 3 is 0.833 bits per heavy atom. The maximum Gasteiger partial charge on any atom is 0.252 e. The summed E-state index contributed by atoms with van der Waals surface area (Å²) in [7, 11) is -7.97. The summed E-state index contributed by atoms with van der Waals surface area (Å²) in [6.07, 6.45) is 14.0. The summed E-state index contributed by atoms with van der Waals surface area (Å²) >= 11 is 0. The van der Waals surface area contributed by atoms with Crippen LogP contribution in [0.25, 0.3) is 0 Å². The number of aromatic nitrogens is 4. The van der Waals surface area contributed by atoms with Gasteiger partial charge < -0.3 is 9.79 Å². The van der Waals surface area contributed by atoms with Gasteiger partial charge in [0, 0.05) is 30.1 Å². The first kappa shape index (κ1) is 51.7. The molecule has 5 aromatic rings. The van der Waals surface area contributed by atoms with Crippen molar-refractivity contribution in [1.29, 1.82) is 0 Å². The number of hydrogen-bond acceptors (Lipinski definition) is 6. The topological polar surface area (TPSA) is 94.9 Å². The third-order valence-corrected chi connectivity index (χ3v) is 10.2. The molecular formula is C35H21F16N4O2P2Rh-. The molecule has 0 amide bonds. The molecule has 60 heavy (non-hydrogen) atoms. The Labute approximate surface area is 343 Å². The van der Waals surface area contributed by atoms with Crippen molar-refractivity contribution in [3.05, 3.63) is 154 Å². The number of aryl methyl sites for hydroxylation is 1. The van der Waals surface area contributed by atoms with Gasteiger partial charge in [0.15, 0.2) is 46.5 Å². The number of pyridine rings is 4. The van der Waals surface area contributed by atoms with E-state index in [-0.39, 0.29) is 19.5 Å². The fraction of sp³-hybridized carbons (Fsp3) is 0.143. The number of rotatable bonds is 4. The molecule has 1 N–H and O–H groups in total. The van der Waals surface area contributed by atoms with Crippen LogP contribution in [0, 0.1) is 101 Å². The Balaban J connectivity index is 0.000000304. The van der Waals surface area contributed by atoms with Crippen molar-refractivity contribution in [3.63, 3.8) is 0 Å². The molecule has 6 nitrogen and oxygen atoms in total. The van der Waals surface area contributed by atoms with Crippen LogP contribution in [0.3, 0.4) is 0 Å². The van der Waals surface area contributed by atoms with E-state index in [9.17, 15) is 80.0 Å². The Hall–Kier alpha value is -4.42. The van der Waals surface area contributed by atoms with Crippen LogP contribution in [-0.2, 0) is 19.5 Å². The summed E-state index contributed by atoms with van der Waals surface area (Å²) in [5.41, 5.74) is 1.32. The van der Waals surface area contributed by atoms with Gasteiger partial charge in [0.25, 0.3) is 47.6 Å². The van der Waals surface area contributed by atoms with Crippen LogP contribution >= 0.6 is 16.3 Å². The molecule has 0 saturated heterocycles. The molecule has 325 valence electrons. The van der Waals surface area contributed by atoms with E-state index >= 15 is 0 Å². The van der Waals surface area contributed by atoms with E-state index in [0.29, 0.717) is 0 Å². The maximum atomic E-state index is 13.4. The smallest absolute Gasteiger partial charge is 0.252 e. The summed E-state index contributed by atoms with van der Waals surface area (Å²) in [5, 5.41) is -7.60. The zero-order chi connectivity index (χ0) is 44.3. The number of allylic oxidation sites excluding steroid dienone is 4. The first-order valence-corrected chi connectivity index (χ1v) is 18.4. The minimum Gasteiger partial charge on any atom is -0.822 e. The van der Waals surface area contributed by atoms with E-state index in [0.717, 1.165) is 0 Å². The predicted octanol–water partition coefficient (Wildman–Crippen LogP) is 7.89. The second-order valence-electron chi connectivity index (χ2n) is 11.0. The standard InChI is InChI=1S/C10HF8N2OP.C10F8N2OP.C8H12.C7H8.Rh/c2*11-1-5(2(12)8(16)19-7(1)15)22(21)6-3(13)9(17)20-10(18)4(6)14;1-2-4-6-8-7-5-3-1;1-7-5-3-2-4-6-7;/h21H;;1-2,7-8H,3-6H2;2-6H,1H3;/q;-1;;;/b;;2-1-,8-7-;;. The van der Waals surface area contributed by atoms with Gasteiger partial charge in [0.2, 0.25) is 0 Å². The van der Waals surface area contributed by atoms with Crippen LogP contribution < -0.4 is 26.1 Å². The van der Waals surface area contributed by atoms with Gasteiger partial charge in [-0.15, -0.1) is 8.15 Å². The summed E-state index contributed by atoms with van der Waals surface area (Å²) in [5.74, 6) is -36.2. The number of halogens is 16. The Kier molecular flexibility index (Phi) is 20.3. The predicted molar refractivity (Wildman–Crippen MR) is 179 cm³/mol. The average molecular weight is 998 g/mol. The molecule has 0 bridgehead atoms. The number of benzene rings is 1.